The summed E-state index contributed by atoms with van der Waals surface area (Å²) in [5.41, 5.74) is -1.02. The number of hydrogen-bond donors (Lipinski definition) is 1. The lowest BCUT2D eigenvalue weighted by Crippen LogP contribution is -2.25. The third-order valence-electron chi connectivity index (χ3n) is 1.93. The van der Waals surface area contributed by atoms with Gasteiger partial charge in [0.2, 0.25) is 10.0 Å². The fraction of sp³-hybridized carbons (Fsp3) is 0.364. The maximum absolute atomic E-state index is 13.4. The number of carbonyl (C=O) groups is 1. The zero-order valence-corrected chi connectivity index (χ0v) is 12.9. The van der Waals surface area contributed by atoms with E-state index in [1.807, 2.05) is 0 Å². The fourth-order valence-electron chi connectivity index (χ4n) is 1.25. The van der Waals surface area contributed by atoms with Gasteiger partial charge in [-0.2, -0.15) is 0 Å². The number of carbonyl (C=O) groups excluding carboxylic acids is 1. The molecule has 1 rings (SSSR count). The van der Waals surface area contributed by atoms with Crippen LogP contribution in [0.2, 0.25) is 0 Å². The fourth-order valence-corrected chi connectivity index (χ4v) is 2.96. The van der Waals surface area contributed by atoms with Gasteiger partial charge < -0.3 is 4.74 Å². The predicted octanol–water partition coefficient (Wildman–Crippen LogP) is 2.19. The monoisotopic (exact) mass is 353 g/mol. The van der Waals surface area contributed by atoms with Gasteiger partial charge in [0.15, 0.2) is 0 Å². The number of nitrogens with two attached hydrogens (primary N) is 1. The molecular weight excluding hydrogens is 341 g/mol. The average Bonchev–Trinajstić information content (AvgIpc) is 2.16. The van der Waals surface area contributed by atoms with E-state index in [9.17, 15) is 17.6 Å². The van der Waals surface area contributed by atoms with E-state index in [0.29, 0.717) is 0 Å². The summed E-state index contributed by atoms with van der Waals surface area (Å²) in [6.07, 6.45) is 0. The number of esters is 1. The molecule has 0 heterocycles. The van der Waals surface area contributed by atoms with Gasteiger partial charge in [0.1, 0.15) is 11.4 Å². The SMILES string of the molecule is CC(C)(C)OC(=O)c1cc(F)cc(S(N)(=O)=O)c1Br. The van der Waals surface area contributed by atoms with E-state index in [2.05, 4.69) is 15.9 Å². The Hall–Kier alpha value is -0.990. The number of ether oxygens (including phenoxy) is 1. The lowest BCUT2D eigenvalue weighted by atomic mass is 10.1. The quantitative estimate of drug-likeness (QED) is 0.825. The Morgan fingerprint density at radius 3 is 2.32 bits per heavy atom. The Kier molecular flexibility index (Phi) is 4.38. The lowest BCUT2D eigenvalue weighted by Gasteiger charge is -2.20. The van der Waals surface area contributed by atoms with E-state index in [-0.39, 0.29) is 10.0 Å². The van der Waals surface area contributed by atoms with Crippen molar-refractivity contribution in [2.24, 2.45) is 5.14 Å². The maximum atomic E-state index is 13.4. The predicted molar refractivity (Wildman–Crippen MR) is 70.6 cm³/mol. The first-order valence-corrected chi connectivity index (χ1v) is 7.51. The largest absolute Gasteiger partial charge is 0.456 e. The highest BCUT2D eigenvalue weighted by Crippen LogP contribution is 2.28. The molecule has 1 aromatic carbocycles. The summed E-state index contributed by atoms with van der Waals surface area (Å²) in [7, 11) is -4.15. The molecule has 1 aromatic rings. The average molecular weight is 354 g/mol. The number of halogens is 2. The Morgan fingerprint density at radius 1 is 1.37 bits per heavy atom. The smallest absolute Gasteiger partial charge is 0.339 e. The van der Waals surface area contributed by atoms with Crippen molar-refractivity contribution >= 4 is 31.9 Å². The highest BCUT2D eigenvalue weighted by atomic mass is 79.9. The zero-order valence-electron chi connectivity index (χ0n) is 10.5. The second-order valence-corrected chi connectivity index (χ2v) is 7.14. The Labute approximate surface area is 119 Å². The van der Waals surface area contributed by atoms with E-state index in [1.54, 1.807) is 20.8 Å². The summed E-state index contributed by atoms with van der Waals surface area (Å²) in [5, 5.41) is 4.95. The number of hydrogen-bond acceptors (Lipinski definition) is 4. The summed E-state index contributed by atoms with van der Waals surface area (Å²) in [6, 6.07) is 1.61. The summed E-state index contributed by atoms with van der Waals surface area (Å²) in [6.45, 7) is 4.91. The second kappa shape index (κ2) is 5.18. The first-order valence-electron chi connectivity index (χ1n) is 5.17. The molecule has 0 bridgehead atoms. The summed E-state index contributed by atoms with van der Waals surface area (Å²) >= 11 is 2.93. The third-order valence-corrected chi connectivity index (χ3v) is 3.98. The molecule has 0 unspecified atom stereocenters. The van der Waals surface area contributed by atoms with Crippen molar-refractivity contribution in [3.8, 4) is 0 Å². The molecule has 0 amide bonds. The van der Waals surface area contributed by atoms with Gasteiger partial charge in [-0.05, 0) is 48.8 Å². The summed E-state index contributed by atoms with van der Waals surface area (Å²) in [5.74, 6) is -1.74. The van der Waals surface area contributed by atoms with Crippen molar-refractivity contribution in [1.82, 2.24) is 0 Å². The van der Waals surface area contributed by atoms with Crippen LogP contribution in [-0.4, -0.2) is 20.0 Å². The van der Waals surface area contributed by atoms with Crippen LogP contribution in [0.5, 0.6) is 0 Å². The van der Waals surface area contributed by atoms with E-state index >= 15 is 0 Å². The third kappa shape index (κ3) is 4.26. The minimum Gasteiger partial charge on any atom is -0.456 e. The van der Waals surface area contributed by atoms with Gasteiger partial charge in [-0.3, -0.25) is 0 Å². The summed E-state index contributed by atoms with van der Waals surface area (Å²) in [4.78, 5) is 11.4. The highest BCUT2D eigenvalue weighted by Gasteiger charge is 2.25. The highest BCUT2D eigenvalue weighted by molar-refractivity contribution is 9.10. The van der Waals surface area contributed by atoms with Crippen LogP contribution in [0.15, 0.2) is 21.5 Å². The van der Waals surface area contributed by atoms with Gasteiger partial charge in [0.25, 0.3) is 0 Å². The molecule has 0 fully saturated rings. The van der Waals surface area contributed by atoms with Crippen LogP contribution in [0.3, 0.4) is 0 Å². The van der Waals surface area contributed by atoms with Gasteiger partial charge in [0, 0.05) is 0 Å². The Morgan fingerprint density at radius 2 is 1.89 bits per heavy atom. The number of benzene rings is 1. The molecule has 8 heteroatoms. The van der Waals surface area contributed by atoms with Gasteiger partial charge in [-0.1, -0.05) is 0 Å². The van der Waals surface area contributed by atoms with Crippen LogP contribution in [0.4, 0.5) is 4.39 Å². The molecule has 0 atom stereocenters. The van der Waals surface area contributed by atoms with E-state index in [1.165, 1.54) is 0 Å². The lowest BCUT2D eigenvalue weighted by molar-refractivity contribution is 0.00676. The molecule has 5 nitrogen and oxygen atoms in total. The molecule has 0 spiro atoms. The van der Waals surface area contributed by atoms with Crippen LogP contribution in [0.25, 0.3) is 0 Å². The topological polar surface area (TPSA) is 86.5 Å². The van der Waals surface area contributed by atoms with Crippen molar-refractivity contribution < 1.29 is 22.3 Å². The number of sulfonamides is 1. The van der Waals surface area contributed by atoms with Crippen molar-refractivity contribution in [3.63, 3.8) is 0 Å². The van der Waals surface area contributed by atoms with E-state index in [0.717, 1.165) is 12.1 Å². The molecule has 106 valence electrons. The molecule has 0 aliphatic carbocycles. The van der Waals surface area contributed by atoms with Crippen LogP contribution in [-0.2, 0) is 14.8 Å². The van der Waals surface area contributed by atoms with E-state index in [4.69, 9.17) is 9.88 Å². The normalized spacial score (nSPS) is 12.3. The molecule has 0 aliphatic rings. The summed E-state index contributed by atoms with van der Waals surface area (Å²) < 4.78 is 40.9. The van der Waals surface area contributed by atoms with Crippen molar-refractivity contribution in [2.75, 3.05) is 0 Å². The molecular formula is C11H13BrFNO4S. The first-order chi connectivity index (χ1) is 8.42. The molecule has 0 radical (unpaired) electrons. The van der Waals surface area contributed by atoms with Crippen LogP contribution < -0.4 is 5.14 Å². The standard InChI is InChI=1S/C11H13BrFNO4S/c1-11(2,3)18-10(15)7-4-6(13)5-8(9(7)12)19(14,16)17/h4-5H,1-3H3,(H2,14,16,17). The first kappa shape index (κ1) is 16.1. The maximum Gasteiger partial charge on any atom is 0.339 e. The Bertz CT molecular complexity index is 622. The van der Waals surface area contributed by atoms with Gasteiger partial charge in [-0.15, -0.1) is 0 Å². The van der Waals surface area contributed by atoms with Crippen molar-refractivity contribution in [2.45, 2.75) is 31.3 Å². The van der Waals surface area contributed by atoms with Crippen LogP contribution >= 0.6 is 15.9 Å². The number of rotatable bonds is 2. The second-order valence-electron chi connectivity index (χ2n) is 4.81. The number of primary sulfonamides is 1. The van der Waals surface area contributed by atoms with Gasteiger partial charge in [0.05, 0.1) is 14.9 Å². The van der Waals surface area contributed by atoms with Crippen LogP contribution in [0, 0.1) is 5.82 Å². The van der Waals surface area contributed by atoms with Crippen molar-refractivity contribution in [1.29, 1.82) is 0 Å². The van der Waals surface area contributed by atoms with Crippen LogP contribution in [0.1, 0.15) is 31.1 Å². The minimum absolute atomic E-state index is 0.120. The minimum atomic E-state index is -4.15. The van der Waals surface area contributed by atoms with Gasteiger partial charge >= 0.3 is 5.97 Å². The molecule has 2 N–H and O–H groups in total. The Balaban J connectivity index is 3.38. The van der Waals surface area contributed by atoms with Crippen molar-refractivity contribution in [3.05, 3.63) is 28.0 Å². The molecule has 0 saturated carbocycles. The molecule has 19 heavy (non-hydrogen) atoms. The van der Waals surface area contributed by atoms with E-state index < -0.39 is 32.3 Å². The zero-order chi connectivity index (χ0) is 15.0. The molecule has 0 aromatic heterocycles. The molecule has 0 saturated heterocycles. The van der Waals surface area contributed by atoms with Gasteiger partial charge in [-0.25, -0.2) is 22.7 Å². The molecule has 0 aliphatic heterocycles.